The molecule has 1 rings (SSSR count). The first-order valence-electron chi connectivity index (χ1n) is 8.94. The van der Waals surface area contributed by atoms with Gasteiger partial charge in [0.2, 0.25) is 0 Å². The van der Waals surface area contributed by atoms with E-state index in [1.165, 1.54) is 38.5 Å². The summed E-state index contributed by atoms with van der Waals surface area (Å²) in [4.78, 5) is 10.2. The molecule has 0 amide bonds. The fourth-order valence-electron chi connectivity index (χ4n) is 2.98. The highest BCUT2D eigenvalue weighted by Gasteiger charge is 2.25. The second-order valence-electron chi connectivity index (χ2n) is 6.28. The van der Waals surface area contributed by atoms with Crippen LogP contribution in [0.2, 0.25) is 0 Å². The lowest BCUT2D eigenvalue weighted by molar-refractivity contribution is -0.107. The normalized spacial score (nSPS) is 13.7. The summed E-state index contributed by atoms with van der Waals surface area (Å²) in [6.45, 7) is 2.06. The van der Waals surface area contributed by atoms with Gasteiger partial charge in [0.15, 0.2) is 0 Å². The maximum Gasteiger partial charge on any atom is 0.119 e. The lowest BCUT2D eigenvalue weighted by Gasteiger charge is -2.27. The van der Waals surface area contributed by atoms with Gasteiger partial charge < -0.3 is 9.90 Å². The van der Waals surface area contributed by atoms with Crippen molar-refractivity contribution < 1.29 is 9.90 Å². The first kappa shape index (κ1) is 18.9. The molecule has 2 heteroatoms. The molecule has 0 heterocycles. The Labute approximate surface area is 135 Å². The Hall–Kier alpha value is -1.15. The number of hydrogen-bond donors (Lipinski definition) is 1. The molecule has 1 atom stereocenters. The third kappa shape index (κ3) is 7.22. The van der Waals surface area contributed by atoms with Gasteiger partial charge in [-0.1, -0.05) is 82.2 Å². The van der Waals surface area contributed by atoms with Crippen LogP contribution < -0.4 is 0 Å². The number of benzene rings is 1. The fraction of sp³-hybridized carbons (Fsp3) is 0.650. The lowest BCUT2D eigenvalue weighted by atomic mass is 9.86. The quantitative estimate of drug-likeness (QED) is 0.392. The van der Waals surface area contributed by atoms with Crippen molar-refractivity contribution in [2.75, 3.05) is 0 Å². The van der Waals surface area contributed by atoms with E-state index in [4.69, 9.17) is 0 Å². The Bertz CT molecular complexity index is 388. The summed E-state index contributed by atoms with van der Waals surface area (Å²) in [6.07, 6.45) is 12.9. The van der Waals surface area contributed by atoms with Crippen LogP contribution in [0.4, 0.5) is 0 Å². The van der Waals surface area contributed by atoms with Crippen LogP contribution in [-0.2, 0) is 10.4 Å². The Morgan fingerprint density at radius 2 is 1.45 bits per heavy atom. The van der Waals surface area contributed by atoms with E-state index in [0.29, 0.717) is 0 Å². The summed E-state index contributed by atoms with van der Waals surface area (Å²) >= 11 is 0. The molecule has 0 aromatic heterocycles. The molecule has 124 valence electrons. The van der Waals surface area contributed by atoms with Gasteiger partial charge in [-0.05, 0) is 24.8 Å². The van der Waals surface area contributed by atoms with Crippen molar-refractivity contribution in [3.05, 3.63) is 35.9 Å². The molecule has 1 aromatic carbocycles. The SMILES string of the molecule is CCC(O)(CCCCCCCCCCC=O)c1ccccc1. The number of rotatable bonds is 13. The van der Waals surface area contributed by atoms with Crippen LogP contribution in [0, 0.1) is 0 Å². The van der Waals surface area contributed by atoms with E-state index in [-0.39, 0.29) is 0 Å². The zero-order valence-corrected chi connectivity index (χ0v) is 14.1. The standard InChI is InChI=1S/C20H32O2/c1-2-20(22,19-15-11-10-12-16-19)17-13-8-6-4-3-5-7-9-14-18-21/h10-12,15-16,18,22H,2-9,13-14,17H2,1H3. The molecule has 2 nitrogen and oxygen atoms in total. The summed E-state index contributed by atoms with van der Waals surface area (Å²) in [6, 6.07) is 10.1. The minimum Gasteiger partial charge on any atom is -0.385 e. The predicted molar refractivity (Wildman–Crippen MR) is 92.9 cm³/mol. The van der Waals surface area contributed by atoms with Crippen molar-refractivity contribution in [3.63, 3.8) is 0 Å². The highest BCUT2D eigenvalue weighted by atomic mass is 16.3. The molecule has 0 radical (unpaired) electrons. The molecule has 0 aliphatic carbocycles. The van der Waals surface area contributed by atoms with Crippen LogP contribution in [0.15, 0.2) is 30.3 Å². The van der Waals surface area contributed by atoms with Crippen LogP contribution in [-0.4, -0.2) is 11.4 Å². The molecule has 0 spiro atoms. The van der Waals surface area contributed by atoms with Gasteiger partial charge in [0.25, 0.3) is 0 Å². The third-order valence-corrected chi connectivity index (χ3v) is 4.56. The number of aldehydes is 1. The van der Waals surface area contributed by atoms with Gasteiger partial charge in [-0.3, -0.25) is 0 Å². The van der Waals surface area contributed by atoms with Gasteiger partial charge in [0, 0.05) is 6.42 Å². The largest absolute Gasteiger partial charge is 0.385 e. The first-order valence-corrected chi connectivity index (χ1v) is 8.94. The van der Waals surface area contributed by atoms with Gasteiger partial charge in [0.05, 0.1) is 5.60 Å². The van der Waals surface area contributed by atoms with Crippen molar-refractivity contribution in [1.82, 2.24) is 0 Å². The zero-order valence-electron chi connectivity index (χ0n) is 14.1. The van der Waals surface area contributed by atoms with Crippen LogP contribution in [0.25, 0.3) is 0 Å². The van der Waals surface area contributed by atoms with E-state index in [9.17, 15) is 9.90 Å². The molecular formula is C20H32O2. The average molecular weight is 304 g/mol. The molecule has 1 N–H and O–H groups in total. The molecule has 0 aliphatic heterocycles. The number of aliphatic hydroxyl groups is 1. The summed E-state index contributed by atoms with van der Waals surface area (Å²) < 4.78 is 0. The third-order valence-electron chi connectivity index (χ3n) is 4.56. The van der Waals surface area contributed by atoms with Crippen LogP contribution in [0.1, 0.15) is 83.1 Å². The van der Waals surface area contributed by atoms with Crippen molar-refractivity contribution in [2.45, 2.75) is 83.2 Å². The van der Waals surface area contributed by atoms with Crippen molar-refractivity contribution in [2.24, 2.45) is 0 Å². The predicted octanol–water partition coefficient (Wildman–Crippen LogP) is 5.38. The van der Waals surface area contributed by atoms with Crippen molar-refractivity contribution >= 4 is 6.29 Å². The highest BCUT2D eigenvalue weighted by molar-refractivity contribution is 5.48. The maximum absolute atomic E-state index is 10.8. The van der Waals surface area contributed by atoms with E-state index >= 15 is 0 Å². The minimum atomic E-state index is -0.657. The number of carbonyl (C=O) groups is 1. The van der Waals surface area contributed by atoms with E-state index in [1.807, 2.05) is 30.3 Å². The van der Waals surface area contributed by atoms with E-state index in [0.717, 1.165) is 44.0 Å². The Morgan fingerprint density at radius 1 is 0.909 bits per heavy atom. The molecule has 0 saturated carbocycles. The molecule has 22 heavy (non-hydrogen) atoms. The summed E-state index contributed by atoms with van der Waals surface area (Å²) in [5.41, 5.74) is 0.392. The lowest BCUT2D eigenvalue weighted by Crippen LogP contribution is -2.24. The fourth-order valence-corrected chi connectivity index (χ4v) is 2.98. The average Bonchev–Trinajstić information content (AvgIpc) is 2.57. The molecule has 0 bridgehead atoms. The van der Waals surface area contributed by atoms with Gasteiger partial charge in [-0.15, -0.1) is 0 Å². The monoisotopic (exact) mass is 304 g/mol. The number of carbonyl (C=O) groups excluding carboxylic acids is 1. The van der Waals surface area contributed by atoms with E-state index < -0.39 is 5.60 Å². The van der Waals surface area contributed by atoms with Crippen molar-refractivity contribution in [1.29, 1.82) is 0 Å². The molecule has 0 fully saturated rings. The van der Waals surface area contributed by atoms with Crippen LogP contribution in [0.5, 0.6) is 0 Å². The van der Waals surface area contributed by atoms with Crippen LogP contribution >= 0.6 is 0 Å². The Morgan fingerprint density at radius 3 is 2.00 bits per heavy atom. The van der Waals surface area contributed by atoms with Crippen molar-refractivity contribution in [3.8, 4) is 0 Å². The van der Waals surface area contributed by atoms with Gasteiger partial charge in [-0.25, -0.2) is 0 Å². The number of hydrogen-bond acceptors (Lipinski definition) is 2. The first-order chi connectivity index (χ1) is 10.7. The topological polar surface area (TPSA) is 37.3 Å². The maximum atomic E-state index is 10.8. The summed E-state index contributed by atoms with van der Waals surface area (Å²) in [7, 11) is 0. The summed E-state index contributed by atoms with van der Waals surface area (Å²) in [5, 5.41) is 10.8. The van der Waals surface area contributed by atoms with E-state index in [2.05, 4.69) is 6.92 Å². The van der Waals surface area contributed by atoms with Crippen LogP contribution in [0.3, 0.4) is 0 Å². The van der Waals surface area contributed by atoms with Gasteiger partial charge in [-0.2, -0.15) is 0 Å². The second kappa shape index (κ2) is 11.4. The Kier molecular flexibility index (Phi) is 9.81. The molecule has 1 aromatic rings. The Balaban J connectivity index is 2.11. The van der Waals surface area contributed by atoms with Gasteiger partial charge in [0.1, 0.15) is 6.29 Å². The van der Waals surface area contributed by atoms with Gasteiger partial charge >= 0.3 is 0 Å². The number of unbranched alkanes of at least 4 members (excludes halogenated alkanes) is 8. The zero-order chi connectivity index (χ0) is 16.1. The minimum absolute atomic E-state index is 0.657. The highest BCUT2D eigenvalue weighted by Crippen LogP contribution is 2.30. The molecule has 0 saturated heterocycles. The second-order valence-corrected chi connectivity index (χ2v) is 6.28. The molecular weight excluding hydrogens is 272 g/mol. The van der Waals surface area contributed by atoms with E-state index in [1.54, 1.807) is 0 Å². The summed E-state index contributed by atoms with van der Waals surface area (Å²) in [5.74, 6) is 0. The molecule has 1 unspecified atom stereocenters. The molecule has 0 aliphatic rings. The smallest absolute Gasteiger partial charge is 0.119 e.